The molecule has 11 heteroatoms. The average Bonchev–Trinajstić information content (AvgIpc) is 2.72. The van der Waals surface area contributed by atoms with Crippen molar-refractivity contribution >= 4 is 23.7 Å². The van der Waals surface area contributed by atoms with E-state index in [0.29, 0.717) is 5.56 Å². The molecule has 2 aromatic rings. The molecule has 7 nitrogen and oxygen atoms in total. The maximum absolute atomic E-state index is 14.1. The van der Waals surface area contributed by atoms with Gasteiger partial charge >= 0.3 is 24.1 Å². The van der Waals surface area contributed by atoms with E-state index >= 15 is 0 Å². The van der Waals surface area contributed by atoms with Gasteiger partial charge in [-0.3, -0.25) is 4.79 Å². The summed E-state index contributed by atoms with van der Waals surface area (Å²) in [6.07, 6.45) is -6.43. The lowest BCUT2D eigenvalue weighted by molar-refractivity contribution is -0.167. The lowest BCUT2D eigenvalue weighted by atomic mass is 9.99. The molecule has 2 rings (SSSR count). The van der Waals surface area contributed by atoms with Crippen LogP contribution in [0, 0.1) is 12.7 Å². The molecule has 32 heavy (non-hydrogen) atoms. The van der Waals surface area contributed by atoms with Crippen molar-refractivity contribution in [2.75, 3.05) is 5.32 Å². The SMILES string of the molecule is Cc1c(F)cc(NC(=O)C(F)(F)F)cc1CC[C@H](NC(=O)OCc1ccccc1)C(=O)O. The average molecular weight is 456 g/mol. The molecule has 172 valence electrons. The summed E-state index contributed by atoms with van der Waals surface area (Å²) in [6.45, 7) is 1.28. The molecule has 3 N–H and O–H groups in total. The van der Waals surface area contributed by atoms with E-state index in [0.717, 1.165) is 12.1 Å². The van der Waals surface area contributed by atoms with Gasteiger partial charge in [-0.05, 0) is 48.6 Å². The summed E-state index contributed by atoms with van der Waals surface area (Å²) in [5, 5.41) is 13.1. The number of carboxylic acid groups (broad SMARTS) is 1. The number of hydrogen-bond acceptors (Lipinski definition) is 4. The summed E-state index contributed by atoms with van der Waals surface area (Å²) in [4.78, 5) is 34.5. The van der Waals surface area contributed by atoms with E-state index in [2.05, 4.69) is 5.32 Å². The first-order chi connectivity index (χ1) is 15.0. The number of aliphatic carboxylic acids is 1. The van der Waals surface area contributed by atoms with E-state index in [4.69, 9.17) is 4.74 Å². The third-order valence-electron chi connectivity index (χ3n) is 4.47. The van der Waals surface area contributed by atoms with Gasteiger partial charge < -0.3 is 20.5 Å². The number of halogens is 4. The number of alkyl halides is 3. The first-order valence-electron chi connectivity index (χ1n) is 9.34. The van der Waals surface area contributed by atoms with Crippen molar-refractivity contribution in [2.45, 2.75) is 38.6 Å². The van der Waals surface area contributed by atoms with Crippen molar-refractivity contribution in [3.05, 3.63) is 65.0 Å². The summed E-state index contributed by atoms with van der Waals surface area (Å²) in [6, 6.07) is 9.14. The quantitative estimate of drug-likeness (QED) is 0.522. The number of amides is 2. The predicted molar refractivity (Wildman–Crippen MR) is 105 cm³/mol. The van der Waals surface area contributed by atoms with Crippen LogP contribution >= 0.6 is 0 Å². The molecule has 0 aromatic heterocycles. The second-order valence-corrected chi connectivity index (χ2v) is 6.83. The number of anilines is 1. The zero-order chi connectivity index (χ0) is 23.9. The molecule has 0 radical (unpaired) electrons. The Morgan fingerprint density at radius 1 is 1.12 bits per heavy atom. The van der Waals surface area contributed by atoms with Gasteiger partial charge in [-0.15, -0.1) is 0 Å². The largest absolute Gasteiger partial charge is 0.480 e. The molecule has 0 bridgehead atoms. The van der Waals surface area contributed by atoms with Crippen molar-refractivity contribution in [2.24, 2.45) is 0 Å². The number of hydrogen-bond donors (Lipinski definition) is 3. The van der Waals surface area contributed by atoms with Gasteiger partial charge in [0.15, 0.2) is 0 Å². The van der Waals surface area contributed by atoms with Gasteiger partial charge in [-0.2, -0.15) is 13.2 Å². The number of carboxylic acids is 1. The zero-order valence-corrected chi connectivity index (χ0v) is 16.8. The van der Waals surface area contributed by atoms with Crippen LogP contribution in [0.4, 0.5) is 28.0 Å². The highest BCUT2D eigenvalue weighted by atomic mass is 19.4. The summed E-state index contributed by atoms with van der Waals surface area (Å²) in [5.74, 6) is -4.51. The monoisotopic (exact) mass is 456 g/mol. The number of alkyl carbamates (subject to hydrolysis) is 1. The minimum Gasteiger partial charge on any atom is -0.480 e. The van der Waals surface area contributed by atoms with Crippen molar-refractivity contribution in [1.82, 2.24) is 5.32 Å². The lowest BCUT2D eigenvalue weighted by Gasteiger charge is -2.16. The van der Waals surface area contributed by atoms with E-state index in [1.54, 1.807) is 35.6 Å². The lowest BCUT2D eigenvalue weighted by Crippen LogP contribution is -2.41. The number of ether oxygens (including phenoxy) is 1. The Morgan fingerprint density at radius 3 is 2.38 bits per heavy atom. The maximum Gasteiger partial charge on any atom is 0.471 e. The van der Waals surface area contributed by atoms with E-state index in [1.807, 2.05) is 0 Å². The van der Waals surface area contributed by atoms with Gasteiger partial charge in [-0.1, -0.05) is 30.3 Å². The van der Waals surface area contributed by atoms with Crippen molar-refractivity contribution in [1.29, 1.82) is 0 Å². The molecule has 1 atom stereocenters. The minimum absolute atomic E-state index is 0.0748. The zero-order valence-electron chi connectivity index (χ0n) is 16.8. The molecule has 0 saturated carbocycles. The van der Waals surface area contributed by atoms with E-state index < -0.39 is 41.7 Å². The summed E-state index contributed by atoms with van der Waals surface area (Å²) < 4.78 is 56.4. The molecule has 0 heterocycles. The fourth-order valence-electron chi connectivity index (χ4n) is 2.73. The highest BCUT2D eigenvalue weighted by Crippen LogP contribution is 2.24. The first kappa shape index (κ1) is 24.6. The molecule has 0 aliphatic rings. The standard InChI is InChI=1S/C21H20F4N2O5/c1-12-14(9-15(10-16(12)22)26-19(30)21(23,24)25)7-8-17(18(28)29)27-20(31)32-11-13-5-3-2-4-6-13/h2-6,9-10,17H,7-8,11H2,1H3,(H,26,30)(H,27,31)(H,28,29)/t17-/m0/s1. The van der Waals surface area contributed by atoms with Crippen LogP contribution in [-0.4, -0.2) is 35.3 Å². The molecular weight excluding hydrogens is 436 g/mol. The molecule has 2 amide bonds. The highest BCUT2D eigenvalue weighted by molar-refractivity contribution is 5.95. The molecule has 0 fully saturated rings. The number of nitrogens with one attached hydrogen (secondary N) is 2. The minimum atomic E-state index is -5.15. The van der Waals surface area contributed by atoms with Gasteiger partial charge in [0.05, 0.1) is 0 Å². The van der Waals surface area contributed by atoms with Crippen LogP contribution in [0.2, 0.25) is 0 Å². The normalized spacial score (nSPS) is 12.0. The Kier molecular flexibility index (Phi) is 8.16. The van der Waals surface area contributed by atoms with Gasteiger partial charge in [-0.25, -0.2) is 14.0 Å². The fraction of sp³-hybridized carbons (Fsp3) is 0.286. The van der Waals surface area contributed by atoms with Gasteiger partial charge in [0.1, 0.15) is 18.5 Å². The Hall–Kier alpha value is -3.63. The van der Waals surface area contributed by atoms with Crippen LogP contribution in [0.5, 0.6) is 0 Å². The van der Waals surface area contributed by atoms with E-state index in [-0.39, 0.29) is 30.6 Å². The summed E-state index contributed by atoms with van der Waals surface area (Å²) in [7, 11) is 0. The molecule has 0 spiro atoms. The van der Waals surface area contributed by atoms with Gasteiger partial charge in [0, 0.05) is 5.69 Å². The number of aryl methyl sites for hydroxylation is 1. The first-order valence-corrected chi connectivity index (χ1v) is 9.34. The van der Waals surface area contributed by atoms with Crippen LogP contribution in [-0.2, 0) is 27.4 Å². The second kappa shape index (κ2) is 10.6. The number of benzene rings is 2. The topological polar surface area (TPSA) is 105 Å². The molecule has 0 saturated heterocycles. The van der Waals surface area contributed by atoms with Crippen molar-refractivity contribution in [3.8, 4) is 0 Å². The van der Waals surface area contributed by atoms with Gasteiger partial charge in [0.2, 0.25) is 0 Å². The predicted octanol–water partition coefficient (Wildman–Crippen LogP) is 3.95. The van der Waals surface area contributed by atoms with Crippen LogP contribution in [0.25, 0.3) is 0 Å². The molecule has 2 aromatic carbocycles. The second-order valence-electron chi connectivity index (χ2n) is 6.83. The Labute approximate surface area is 180 Å². The maximum atomic E-state index is 14.1. The molecule has 0 unspecified atom stereocenters. The highest BCUT2D eigenvalue weighted by Gasteiger charge is 2.38. The Morgan fingerprint density at radius 2 is 1.78 bits per heavy atom. The third kappa shape index (κ3) is 7.25. The van der Waals surface area contributed by atoms with Gasteiger partial charge in [0.25, 0.3) is 0 Å². The fourth-order valence-corrected chi connectivity index (χ4v) is 2.73. The van der Waals surface area contributed by atoms with Crippen molar-refractivity contribution < 1.29 is 41.8 Å². The number of carbonyl (C=O) groups excluding carboxylic acids is 2. The molecule has 0 aliphatic carbocycles. The van der Waals surface area contributed by atoms with Crippen LogP contribution in [0.1, 0.15) is 23.1 Å². The van der Waals surface area contributed by atoms with Crippen LogP contribution in [0.3, 0.4) is 0 Å². The molecular formula is C21H20F4N2O5. The summed E-state index contributed by atoms with van der Waals surface area (Å²) >= 11 is 0. The molecule has 0 aliphatic heterocycles. The number of carbonyl (C=O) groups is 3. The smallest absolute Gasteiger partial charge is 0.471 e. The van der Waals surface area contributed by atoms with Crippen molar-refractivity contribution in [3.63, 3.8) is 0 Å². The number of rotatable bonds is 8. The van der Waals surface area contributed by atoms with Crippen LogP contribution in [0.15, 0.2) is 42.5 Å². The van der Waals surface area contributed by atoms with E-state index in [9.17, 15) is 37.1 Å². The Bertz CT molecular complexity index is 980. The summed E-state index contributed by atoms with van der Waals surface area (Å²) in [5.41, 5.74) is 0.518. The van der Waals surface area contributed by atoms with E-state index in [1.165, 1.54) is 6.92 Å². The Balaban J connectivity index is 2.02. The third-order valence-corrected chi connectivity index (χ3v) is 4.47. The van der Waals surface area contributed by atoms with Crippen LogP contribution < -0.4 is 10.6 Å².